The Morgan fingerprint density at radius 1 is 0.909 bits per heavy atom. The molecule has 0 bridgehead atoms. The van der Waals surface area contributed by atoms with Crippen LogP contribution in [0.1, 0.15) is 53.3 Å². The number of nitrogens with zero attached hydrogens (tertiary/aromatic N) is 1. The molecule has 3 nitrogen and oxygen atoms in total. The summed E-state index contributed by atoms with van der Waals surface area (Å²) in [5, 5.41) is 20.5. The van der Waals surface area contributed by atoms with Crippen molar-refractivity contribution in [3.63, 3.8) is 0 Å². The van der Waals surface area contributed by atoms with E-state index in [1.807, 2.05) is 24.4 Å². The van der Waals surface area contributed by atoms with Crippen LogP contribution in [0.5, 0.6) is 0 Å². The van der Waals surface area contributed by atoms with Gasteiger partial charge in [0.05, 0.1) is 12.2 Å². The van der Waals surface area contributed by atoms with Gasteiger partial charge < -0.3 is 15.2 Å². The minimum absolute atomic E-state index is 0. The number of hydrogen-bond donors (Lipinski definition) is 2. The van der Waals surface area contributed by atoms with Crippen LogP contribution in [0.3, 0.4) is 0 Å². The zero-order valence-electron chi connectivity index (χ0n) is 24.5. The van der Waals surface area contributed by atoms with Gasteiger partial charge in [-0.2, -0.15) is 0 Å². The van der Waals surface area contributed by atoms with E-state index in [0.717, 1.165) is 11.3 Å². The average molecular weight is 623 g/mol. The molecule has 0 fully saturated rings. The first kappa shape index (κ1) is 18.0. The molecule has 1 aliphatic rings. The van der Waals surface area contributed by atoms with E-state index in [4.69, 9.17) is 18.4 Å². The van der Waals surface area contributed by atoms with Crippen LogP contribution in [-0.4, -0.2) is 27.4 Å². The Hall–Kier alpha value is -2.36. The van der Waals surface area contributed by atoms with Gasteiger partial charge in [-0.1, -0.05) is 67.9 Å². The summed E-state index contributed by atoms with van der Waals surface area (Å²) in [5.41, 5.74) is 7.41. The minimum atomic E-state index is -2.65. The summed E-state index contributed by atoms with van der Waals surface area (Å²) in [4.78, 5) is 4.59. The number of aromatic nitrogens is 1. The fourth-order valence-electron chi connectivity index (χ4n) is 4.59. The van der Waals surface area contributed by atoms with Crippen molar-refractivity contribution in [1.82, 2.24) is 4.98 Å². The van der Waals surface area contributed by atoms with Crippen molar-refractivity contribution in [2.75, 3.05) is 0 Å². The summed E-state index contributed by atoms with van der Waals surface area (Å²) in [5.74, 6) is 0. The second kappa shape index (κ2) is 10.3. The molecule has 2 atom stereocenters. The summed E-state index contributed by atoms with van der Waals surface area (Å²) in [7, 11) is 0. The summed E-state index contributed by atoms with van der Waals surface area (Å²) < 4.78 is 40.3. The molecule has 1 heterocycles. The molecule has 2 unspecified atom stereocenters. The zero-order chi connectivity index (χ0) is 27.9. The van der Waals surface area contributed by atoms with E-state index in [1.54, 1.807) is 0 Å². The predicted molar refractivity (Wildman–Crippen MR) is 132 cm³/mol. The number of aliphatic hydroxyl groups is 2. The fourth-order valence-corrected chi connectivity index (χ4v) is 4.59. The third kappa shape index (κ3) is 4.95. The maximum atomic E-state index is 8.95. The molecule has 0 spiro atoms. The maximum absolute atomic E-state index is 8.95. The summed E-state index contributed by atoms with van der Waals surface area (Å²) in [6.07, 6.45) is -2.43. The topological polar surface area (TPSA) is 53.4 Å². The van der Waals surface area contributed by atoms with Gasteiger partial charge in [-0.25, -0.2) is 0 Å². The molecule has 173 valence electrons. The zero-order valence-corrected chi connectivity index (χ0v) is 20.9. The molecule has 0 saturated heterocycles. The molecule has 1 aliphatic carbocycles. The van der Waals surface area contributed by atoms with Crippen LogP contribution in [0.2, 0.25) is 0 Å². The fraction of sp³-hybridized carbons (Fsp3) is 0.276. The van der Waals surface area contributed by atoms with Gasteiger partial charge in [0.2, 0.25) is 0 Å². The first-order valence-electron chi connectivity index (χ1n) is 13.6. The summed E-state index contributed by atoms with van der Waals surface area (Å²) >= 11 is 0. The van der Waals surface area contributed by atoms with Crippen LogP contribution >= 0.6 is 0 Å². The van der Waals surface area contributed by atoms with E-state index < -0.39 is 32.3 Å². The van der Waals surface area contributed by atoms with Crippen molar-refractivity contribution in [3.05, 3.63) is 90.1 Å². The van der Waals surface area contributed by atoms with E-state index in [9.17, 15) is 0 Å². The third-order valence-corrected chi connectivity index (χ3v) is 5.83. The van der Waals surface area contributed by atoms with Crippen molar-refractivity contribution >= 4 is 10.8 Å². The normalized spacial score (nSPS) is 18.3. The van der Waals surface area contributed by atoms with Gasteiger partial charge in [-0.05, 0) is 59.2 Å². The third-order valence-electron chi connectivity index (χ3n) is 5.83. The smallest absolute Gasteiger partial charge is 0.0536 e. The van der Waals surface area contributed by atoms with Crippen molar-refractivity contribution in [2.24, 2.45) is 0 Å². The summed E-state index contributed by atoms with van der Waals surface area (Å²) in [6, 6.07) is 26.9. The number of pyridine rings is 1. The van der Waals surface area contributed by atoms with Crippen LogP contribution in [0, 0.1) is 6.07 Å². The van der Waals surface area contributed by atoms with Crippen LogP contribution in [0.25, 0.3) is 33.2 Å². The Balaban J connectivity index is 0.000000260. The maximum Gasteiger partial charge on any atom is 0.0536 e. The molecular formula is C29H30IrNO2-. The van der Waals surface area contributed by atoms with Crippen molar-refractivity contribution in [1.29, 1.82) is 0 Å². The van der Waals surface area contributed by atoms with Crippen LogP contribution < -0.4 is 0 Å². The van der Waals surface area contributed by atoms with Gasteiger partial charge in [0.25, 0.3) is 0 Å². The van der Waals surface area contributed by atoms with Gasteiger partial charge in [-0.3, -0.25) is 0 Å². The first-order chi connectivity index (χ1) is 17.7. The van der Waals surface area contributed by atoms with Crippen LogP contribution in [0.4, 0.5) is 0 Å². The van der Waals surface area contributed by atoms with Gasteiger partial charge >= 0.3 is 0 Å². The SMILES string of the molecule is CC1(C)c2c(-c3ccccn3)[c-]ccc2-c2ccc3ccccc3c21.[2H]C([2H])([2H])C(O)CC(O)C([2H])([2H])[2H].[Ir]. The van der Waals surface area contributed by atoms with Gasteiger partial charge in [0, 0.05) is 34.5 Å². The Kier molecular flexibility index (Phi) is 5.61. The van der Waals surface area contributed by atoms with Crippen molar-refractivity contribution < 1.29 is 38.5 Å². The Bertz CT molecular complexity index is 1420. The van der Waals surface area contributed by atoms with E-state index in [0.29, 0.717) is 0 Å². The average Bonchev–Trinajstić information content (AvgIpc) is 3.11. The molecule has 0 saturated carbocycles. The van der Waals surface area contributed by atoms with E-state index >= 15 is 0 Å². The van der Waals surface area contributed by atoms with Gasteiger partial charge in [0.15, 0.2) is 0 Å². The minimum Gasteiger partial charge on any atom is -0.393 e. The standard InChI is InChI=1S/C24H18N.C5H12O2.Ir/c1-24(2)22-17-9-4-3-8-16(17)13-14-19(22)18-10-7-11-20(23(18)24)21-12-5-6-15-25-21;1-4(6)3-5(2)7;/h3-10,12-15H,1-2H3;4-7H,3H2,1-2H3;/q-1;;/i;1D3,2D3;. The second-order valence-corrected chi connectivity index (χ2v) is 8.46. The van der Waals surface area contributed by atoms with Gasteiger partial charge in [0.1, 0.15) is 0 Å². The molecule has 3 aromatic carbocycles. The van der Waals surface area contributed by atoms with Crippen LogP contribution in [0.15, 0.2) is 72.9 Å². The van der Waals surface area contributed by atoms with E-state index in [-0.39, 0.29) is 25.5 Å². The van der Waals surface area contributed by atoms with Gasteiger partial charge in [-0.15, -0.1) is 29.3 Å². The molecular weight excluding hydrogens is 587 g/mol. The van der Waals surface area contributed by atoms with Crippen molar-refractivity contribution in [3.8, 4) is 22.4 Å². The molecule has 4 aromatic rings. The largest absolute Gasteiger partial charge is 0.393 e. The van der Waals surface area contributed by atoms with E-state index in [1.165, 1.54) is 33.0 Å². The molecule has 5 rings (SSSR count). The molecule has 33 heavy (non-hydrogen) atoms. The molecule has 1 radical (unpaired) electrons. The predicted octanol–water partition coefficient (Wildman–Crippen LogP) is 6.14. The molecule has 4 heteroatoms. The quantitative estimate of drug-likeness (QED) is 0.270. The Labute approximate surface area is 218 Å². The van der Waals surface area contributed by atoms with Crippen molar-refractivity contribution in [2.45, 2.75) is 51.6 Å². The van der Waals surface area contributed by atoms with Crippen LogP contribution in [-0.2, 0) is 25.5 Å². The number of rotatable bonds is 3. The Morgan fingerprint density at radius 3 is 2.30 bits per heavy atom. The molecule has 2 N–H and O–H groups in total. The number of benzene rings is 3. The Morgan fingerprint density at radius 2 is 1.61 bits per heavy atom. The number of aliphatic hydroxyl groups excluding tert-OH is 2. The number of hydrogen-bond acceptors (Lipinski definition) is 3. The monoisotopic (exact) mass is 623 g/mol. The first-order valence-corrected chi connectivity index (χ1v) is 10.6. The van der Waals surface area contributed by atoms with E-state index in [2.05, 4.69) is 73.4 Å². The molecule has 0 aliphatic heterocycles. The number of fused-ring (bicyclic) bond motifs is 5. The second-order valence-electron chi connectivity index (χ2n) is 8.46. The molecule has 0 amide bonds. The molecule has 1 aromatic heterocycles. The summed E-state index contributed by atoms with van der Waals surface area (Å²) in [6.45, 7) is -0.646.